The highest BCUT2D eigenvalue weighted by Crippen LogP contribution is 2.34. The van der Waals surface area contributed by atoms with Crippen molar-refractivity contribution >= 4 is 11.6 Å². The molecule has 136 valence electrons. The van der Waals surface area contributed by atoms with Gasteiger partial charge in [0.25, 0.3) is 0 Å². The van der Waals surface area contributed by atoms with Crippen molar-refractivity contribution in [3.05, 3.63) is 77.0 Å². The predicted octanol–water partition coefficient (Wildman–Crippen LogP) is 4.19. The molecule has 1 atom stereocenters. The minimum atomic E-state index is -4.39. The Hall–Kier alpha value is -3.22. The van der Waals surface area contributed by atoms with E-state index in [1.807, 2.05) is 0 Å². The number of H-pyrrole nitrogens is 1. The summed E-state index contributed by atoms with van der Waals surface area (Å²) in [4.78, 5) is 24.4. The van der Waals surface area contributed by atoms with Crippen LogP contribution >= 0.6 is 0 Å². The van der Waals surface area contributed by atoms with Crippen LogP contribution in [0.4, 0.5) is 13.2 Å². The Kier molecular flexibility index (Phi) is 3.95. The van der Waals surface area contributed by atoms with Gasteiger partial charge in [0.2, 0.25) is 11.6 Å². The Morgan fingerprint density at radius 1 is 1.00 bits per heavy atom. The number of carbonyl (C=O) groups is 2. The first kappa shape index (κ1) is 17.2. The van der Waals surface area contributed by atoms with Crippen LogP contribution in [0.1, 0.15) is 33.1 Å². The van der Waals surface area contributed by atoms with Crippen molar-refractivity contribution in [2.75, 3.05) is 0 Å². The number of ketones is 2. The number of aromatic amines is 1. The molecule has 0 aliphatic heterocycles. The van der Waals surface area contributed by atoms with Crippen LogP contribution in [-0.4, -0.2) is 21.8 Å². The first-order chi connectivity index (χ1) is 12.8. The molecule has 2 aromatic carbocycles. The number of hydrogen-bond acceptors (Lipinski definition) is 3. The molecule has 0 saturated heterocycles. The number of nitrogens with zero attached hydrogens (tertiary/aromatic N) is 1. The van der Waals surface area contributed by atoms with E-state index in [-0.39, 0.29) is 6.42 Å². The Labute approximate surface area is 152 Å². The van der Waals surface area contributed by atoms with Crippen molar-refractivity contribution in [1.29, 1.82) is 0 Å². The highest BCUT2D eigenvalue weighted by molar-refractivity contribution is 6.48. The van der Waals surface area contributed by atoms with Crippen molar-refractivity contribution in [2.24, 2.45) is 0 Å². The first-order valence-electron chi connectivity index (χ1n) is 8.24. The molecule has 1 unspecified atom stereocenters. The second kappa shape index (κ2) is 6.19. The van der Waals surface area contributed by atoms with Gasteiger partial charge >= 0.3 is 6.18 Å². The maximum absolute atomic E-state index is 12.7. The molecular formula is C20H13F3N2O2. The molecule has 4 rings (SSSR count). The molecule has 0 fully saturated rings. The minimum absolute atomic E-state index is 0.273. The number of aromatic nitrogens is 2. The summed E-state index contributed by atoms with van der Waals surface area (Å²) in [5.41, 5.74) is 2.03. The van der Waals surface area contributed by atoms with Gasteiger partial charge in [0.15, 0.2) is 0 Å². The van der Waals surface area contributed by atoms with Crippen LogP contribution in [0.3, 0.4) is 0 Å². The quantitative estimate of drug-likeness (QED) is 0.704. The normalized spacial score (nSPS) is 16.6. The summed E-state index contributed by atoms with van der Waals surface area (Å²) in [6, 6.07) is 13.3. The third kappa shape index (κ3) is 3.05. The zero-order valence-electron chi connectivity index (χ0n) is 13.9. The van der Waals surface area contributed by atoms with E-state index in [1.165, 1.54) is 12.1 Å². The van der Waals surface area contributed by atoms with Gasteiger partial charge in [-0.25, -0.2) is 0 Å². The van der Waals surface area contributed by atoms with Gasteiger partial charge in [0.1, 0.15) is 0 Å². The largest absolute Gasteiger partial charge is 0.416 e. The van der Waals surface area contributed by atoms with Gasteiger partial charge in [-0.05, 0) is 23.8 Å². The fourth-order valence-electron chi connectivity index (χ4n) is 3.31. The molecule has 1 aliphatic rings. The Bertz CT molecular complexity index is 1040. The zero-order chi connectivity index (χ0) is 19.2. The van der Waals surface area contributed by atoms with Crippen LogP contribution in [0, 0.1) is 0 Å². The van der Waals surface area contributed by atoms with Gasteiger partial charge in [-0.15, -0.1) is 0 Å². The third-order valence-corrected chi connectivity index (χ3v) is 4.68. The lowest BCUT2D eigenvalue weighted by molar-refractivity contribution is -0.137. The molecule has 7 heteroatoms. The molecular weight excluding hydrogens is 357 g/mol. The highest BCUT2D eigenvalue weighted by atomic mass is 19.4. The Balaban J connectivity index is 1.57. The third-order valence-electron chi connectivity index (χ3n) is 4.68. The van der Waals surface area contributed by atoms with Gasteiger partial charge in [-0.2, -0.15) is 18.3 Å². The van der Waals surface area contributed by atoms with Crippen molar-refractivity contribution < 1.29 is 22.8 Å². The lowest BCUT2D eigenvalue weighted by atomic mass is 9.95. The van der Waals surface area contributed by atoms with Crippen LogP contribution in [-0.2, 0) is 17.4 Å². The molecule has 0 radical (unpaired) electrons. The summed E-state index contributed by atoms with van der Waals surface area (Å²) in [5.74, 6) is -1.52. The zero-order valence-corrected chi connectivity index (χ0v) is 13.9. The predicted molar refractivity (Wildman–Crippen MR) is 91.3 cm³/mol. The van der Waals surface area contributed by atoms with Crippen molar-refractivity contribution in [3.8, 4) is 11.3 Å². The van der Waals surface area contributed by atoms with Crippen molar-refractivity contribution in [2.45, 2.75) is 18.5 Å². The van der Waals surface area contributed by atoms with Gasteiger partial charge in [-0.3, -0.25) is 14.7 Å². The number of Topliss-reactive ketones (excluding diaryl/α,β-unsaturated/α-hetero) is 2. The van der Waals surface area contributed by atoms with Crippen molar-refractivity contribution in [3.63, 3.8) is 0 Å². The van der Waals surface area contributed by atoms with Crippen LogP contribution in [0.15, 0.2) is 54.6 Å². The lowest BCUT2D eigenvalue weighted by Crippen LogP contribution is -2.14. The number of rotatable bonds is 3. The topological polar surface area (TPSA) is 62.8 Å². The van der Waals surface area contributed by atoms with E-state index in [9.17, 15) is 22.8 Å². The number of halogens is 3. The van der Waals surface area contributed by atoms with E-state index < -0.39 is 29.2 Å². The Morgan fingerprint density at radius 3 is 2.41 bits per heavy atom. The summed E-state index contributed by atoms with van der Waals surface area (Å²) in [6.07, 6.45) is -4.12. The molecule has 27 heavy (non-hydrogen) atoms. The van der Waals surface area contributed by atoms with E-state index in [0.717, 1.165) is 12.1 Å². The molecule has 1 aliphatic carbocycles. The SMILES string of the molecule is O=C1C(=O)C(Cc2cc(-c3ccc(C(F)(F)F)cc3)n[nH]2)c2ccccc21. The molecule has 0 saturated carbocycles. The number of carbonyl (C=O) groups excluding carboxylic acids is 2. The number of nitrogens with one attached hydrogen (secondary N) is 1. The summed E-state index contributed by atoms with van der Waals surface area (Å²) in [5, 5.41) is 6.92. The monoisotopic (exact) mass is 370 g/mol. The Morgan fingerprint density at radius 2 is 1.70 bits per heavy atom. The fourth-order valence-corrected chi connectivity index (χ4v) is 3.31. The van der Waals surface area contributed by atoms with Gasteiger partial charge in [-0.1, -0.05) is 36.4 Å². The number of hydrogen-bond donors (Lipinski definition) is 1. The van der Waals surface area contributed by atoms with E-state index in [0.29, 0.717) is 28.1 Å². The standard InChI is InChI=1S/C20H13F3N2O2/c21-20(22,23)12-7-5-11(6-8-12)17-10-13(24-25-17)9-16-14-3-1-2-4-15(14)18(26)19(16)27/h1-8,10,16H,9H2,(H,24,25). The second-order valence-corrected chi connectivity index (χ2v) is 6.39. The van der Waals surface area contributed by atoms with Crippen LogP contribution in [0.5, 0.6) is 0 Å². The lowest BCUT2D eigenvalue weighted by Gasteiger charge is -2.07. The van der Waals surface area contributed by atoms with E-state index in [1.54, 1.807) is 30.3 Å². The molecule has 4 nitrogen and oxygen atoms in total. The van der Waals surface area contributed by atoms with Gasteiger partial charge in [0.05, 0.1) is 17.2 Å². The number of fused-ring (bicyclic) bond motifs is 1. The molecule has 1 N–H and O–H groups in total. The highest BCUT2D eigenvalue weighted by Gasteiger charge is 2.38. The molecule has 1 heterocycles. The average molecular weight is 370 g/mol. The molecule has 1 aromatic heterocycles. The molecule has 0 amide bonds. The number of alkyl halides is 3. The van der Waals surface area contributed by atoms with Crippen LogP contribution in [0.25, 0.3) is 11.3 Å². The van der Waals surface area contributed by atoms with E-state index in [2.05, 4.69) is 10.2 Å². The maximum atomic E-state index is 12.7. The van der Waals surface area contributed by atoms with Crippen molar-refractivity contribution in [1.82, 2.24) is 10.2 Å². The average Bonchev–Trinajstić information content (AvgIpc) is 3.21. The fraction of sp³-hybridized carbons (Fsp3) is 0.150. The molecule has 3 aromatic rings. The van der Waals surface area contributed by atoms with Gasteiger partial charge < -0.3 is 0 Å². The summed E-state index contributed by atoms with van der Waals surface area (Å²) in [6.45, 7) is 0. The summed E-state index contributed by atoms with van der Waals surface area (Å²) < 4.78 is 38.0. The number of benzene rings is 2. The van der Waals surface area contributed by atoms with Gasteiger partial charge in [0, 0.05) is 23.2 Å². The van der Waals surface area contributed by atoms with Crippen LogP contribution in [0.2, 0.25) is 0 Å². The van der Waals surface area contributed by atoms with E-state index >= 15 is 0 Å². The smallest absolute Gasteiger partial charge is 0.290 e. The summed E-state index contributed by atoms with van der Waals surface area (Å²) >= 11 is 0. The minimum Gasteiger partial charge on any atom is -0.290 e. The molecule has 0 spiro atoms. The summed E-state index contributed by atoms with van der Waals surface area (Å²) in [7, 11) is 0. The van der Waals surface area contributed by atoms with Crippen LogP contribution < -0.4 is 0 Å². The second-order valence-electron chi connectivity index (χ2n) is 6.39. The van der Waals surface area contributed by atoms with E-state index in [4.69, 9.17) is 0 Å². The molecule has 0 bridgehead atoms. The maximum Gasteiger partial charge on any atom is 0.416 e. The first-order valence-corrected chi connectivity index (χ1v) is 8.24.